The highest BCUT2D eigenvalue weighted by Crippen LogP contribution is 2.51. The summed E-state index contributed by atoms with van der Waals surface area (Å²) >= 11 is 0. The Morgan fingerprint density at radius 1 is 1.12 bits per heavy atom. The fourth-order valence-electron chi connectivity index (χ4n) is 5.06. The van der Waals surface area contributed by atoms with Crippen LogP contribution in [-0.4, -0.2) is 52.8 Å². The highest BCUT2D eigenvalue weighted by molar-refractivity contribution is 5.70. The number of carboxylic acids is 1. The van der Waals surface area contributed by atoms with Gasteiger partial charge in [0, 0.05) is 36.5 Å². The first kappa shape index (κ1) is 23.1. The lowest BCUT2D eigenvalue weighted by molar-refractivity contribution is -0.142. The van der Waals surface area contributed by atoms with E-state index >= 15 is 0 Å². The molecule has 2 unspecified atom stereocenters. The monoisotopic (exact) mass is 442 g/mol. The van der Waals surface area contributed by atoms with Gasteiger partial charge in [-0.3, -0.25) is 4.79 Å². The number of hydrogen-bond acceptors (Lipinski definition) is 4. The second-order valence-corrected chi connectivity index (χ2v) is 11.2. The van der Waals surface area contributed by atoms with E-state index in [-0.39, 0.29) is 23.5 Å². The van der Waals surface area contributed by atoms with Gasteiger partial charge in [-0.1, -0.05) is 30.3 Å². The maximum atomic E-state index is 13.2. The molecule has 2 atom stereocenters. The second kappa shape index (κ2) is 9.05. The molecule has 0 heterocycles. The van der Waals surface area contributed by atoms with Gasteiger partial charge in [0.15, 0.2) is 0 Å². The van der Waals surface area contributed by atoms with E-state index in [2.05, 4.69) is 29.6 Å². The molecule has 3 saturated carbocycles. The molecular formula is C26H38N2O4. The number of hydrogen-bond donors (Lipinski definition) is 2. The normalized spacial score (nSPS) is 28.6. The molecule has 2 N–H and O–H groups in total. The van der Waals surface area contributed by atoms with Crippen LogP contribution in [0.1, 0.15) is 77.2 Å². The zero-order valence-electron chi connectivity index (χ0n) is 19.7. The summed E-state index contributed by atoms with van der Waals surface area (Å²) in [6.45, 7) is 7.39. The standard InChI is InChI=1S/C26H38N2O4/c1-25(2,3)32-24(31)28(22-15-21(22)18-7-5-4-6-8-18)17-26(13-14-26)16-27-20-11-9-19(10-12-20)23(29)30/h4-8,19-22,27H,9-17H2,1-3H3,(H,29,30). The number of aliphatic carboxylic acids is 1. The van der Waals surface area contributed by atoms with Gasteiger partial charge in [0.25, 0.3) is 0 Å². The zero-order valence-corrected chi connectivity index (χ0v) is 19.7. The molecule has 0 aromatic heterocycles. The van der Waals surface area contributed by atoms with Crippen molar-refractivity contribution in [1.29, 1.82) is 0 Å². The van der Waals surface area contributed by atoms with Crippen LogP contribution in [0.25, 0.3) is 0 Å². The molecule has 0 radical (unpaired) electrons. The number of carboxylic acid groups (broad SMARTS) is 1. The predicted molar refractivity (Wildman–Crippen MR) is 124 cm³/mol. The topological polar surface area (TPSA) is 78.9 Å². The van der Waals surface area contributed by atoms with E-state index in [0.717, 1.165) is 58.0 Å². The van der Waals surface area contributed by atoms with E-state index in [1.54, 1.807) is 0 Å². The fourth-order valence-corrected chi connectivity index (χ4v) is 5.06. The molecule has 176 valence electrons. The number of rotatable bonds is 8. The van der Waals surface area contributed by atoms with E-state index in [0.29, 0.717) is 12.0 Å². The van der Waals surface area contributed by atoms with Crippen LogP contribution in [0.2, 0.25) is 0 Å². The Kier molecular flexibility index (Phi) is 6.53. The van der Waals surface area contributed by atoms with Gasteiger partial charge in [-0.25, -0.2) is 4.79 Å². The Morgan fingerprint density at radius 2 is 1.78 bits per heavy atom. The Balaban J connectivity index is 1.36. The van der Waals surface area contributed by atoms with Crippen LogP contribution in [0.4, 0.5) is 4.79 Å². The third-order valence-corrected chi connectivity index (χ3v) is 7.32. The van der Waals surface area contributed by atoms with Crippen molar-refractivity contribution >= 4 is 12.1 Å². The number of ether oxygens (including phenoxy) is 1. The largest absolute Gasteiger partial charge is 0.481 e. The van der Waals surface area contributed by atoms with E-state index in [9.17, 15) is 14.7 Å². The minimum absolute atomic E-state index is 0.115. The molecule has 0 saturated heterocycles. The van der Waals surface area contributed by atoms with Gasteiger partial charge in [0.05, 0.1) is 5.92 Å². The molecule has 1 aromatic rings. The molecule has 1 aromatic carbocycles. The minimum atomic E-state index is -0.660. The summed E-state index contributed by atoms with van der Waals surface area (Å²) in [6.07, 6.45) is 6.37. The van der Waals surface area contributed by atoms with Crippen molar-refractivity contribution in [2.75, 3.05) is 13.1 Å². The molecular weight excluding hydrogens is 404 g/mol. The van der Waals surface area contributed by atoms with Crippen LogP contribution in [-0.2, 0) is 9.53 Å². The Hall–Kier alpha value is -2.08. The lowest BCUT2D eigenvalue weighted by atomic mass is 9.86. The summed E-state index contributed by atoms with van der Waals surface area (Å²) in [6, 6.07) is 11.1. The van der Waals surface area contributed by atoms with Crippen LogP contribution < -0.4 is 5.32 Å². The van der Waals surface area contributed by atoms with Gasteiger partial charge in [0.2, 0.25) is 0 Å². The summed E-state index contributed by atoms with van der Waals surface area (Å²) in [5.41, 5.74) is 0.901. The van der Waals surface area contributed by atoms with Gasteiger partial charge < -0.3 is 20.1 Å². The first-order chi connectivity index (χ1) is 15.2. The molecule has 4 rings (SSSR count). The Bertz CT molecular complexity index is 807. The number of benzene rings is 1. The predicted octanol–water partition coefficient (Wildman–Crippen LogP) is 4.79. The van der Waals surface area contributed by atoms with Gasteiger partial charge in [0.1, 0.15) is 5.60 Å². The lowest BCUT2D eigenvalue weighted by Crippen LogP contribution is -2.45. The van der Waals surface area contributed by atoms with Crippen molar-refractivity contribution < 1.29 is 19.4 Å². The molecule has 1 amide bonds. The number of amides is 1. The third kappa shape index (κ3) is 5.83. The first-order valence-electron chi connectivity index (χ1n) is 12.2. The van der Waals surface area contributed by atoms with Crippen molar-refractivity contribution in [3.63, 3.8) is 0 Å². The number of nitrogens with zero attached hydrogens (tertiary/aromatic N) is 1. The van der Waals surface area contributed by atoms with Crippen LogP contribution in [0.15, 0.2) is 30.3 Å². The Morgan fingerprint density at radius 3 is 2.34 bits per heavy atom. The first-order valence-corrected chi connectivity index (χ1v) is 12.2. The van der Waals surface area contributed by atoms with Gasteiger partial charge in [-0.15, -0.1) is 0 Å². The number of carbonyl (C=O) groups excluding carboxylic acids is 1. The van der Waals surface area contributed by atoms with Crippen molar-refractivity contribution in [2.45, 2.75) is 89.3 Å². The minimum Gasteiger partial charge on any atom is -0.481 e. The van der Waals surface area contributed by atoms with E-state index in [1.807, 2.05) is 31.7 Å². The maximum absolute atomic E-state index is 13.2. The quantitative estimate of drug-likeness (QED) is 0.605. The van der Waals surface area contributed by atoms with Crippen LogP contribution in [0.5, 0.6) is 0 Å². The molecule has 6 heteroatoms. The molecule has 6 nitrogen and oxygen atoms in total. The molecule has 3 aliphatic carbocycles. The van der Waals surface area contributed by atoms with Crippen molar-refractivity contribution in [3.05, 3.63) is 35.9 Å². The van der Waals surface area contributed by atoms with Crippen molar-refractivity contribution in [3.8, 4) is 0 Å². The summed E-state index contributed by atoms with van der Waals surface area (Å²) in [7, 11) is 0. The van der Waals surface area contributed by atoms with Crippen LogP contribution >= 0.6 is 0 Å². The highest BCUT2D eigenvalue weighted by Gasteiger charge is 2.52. The lowest BCUT2D eigenvalue weighted by Gasteiger charge is -2.33. The van der Waals surface area contributed by atoms with Crippen LogP contribution in [0, 0.1) is 11.3 Å². The molecule has 32 heavy (non-hydrogen) atoms. The van der Waals surface area contributed by atoms with Gasteiger partial charge in [-0.2, -0.15) is 0 Å². The summed E-state index contributed by atoms with van der Waals surface area (Å²) in [4.78, 5) is 26.4. The smallest absolute Gasteiger partial charge is 0.410 e. The molecule has 3 aliphatic rings. The van der Waals surface area contributed by atoms with E-state index < -0.39 is 11.6 Å². The molecule has 0 aliphatic heterocycles. The average molecular weight is 443 g/mol. The van der Waals surface area contributed by atoms with Gasteiger partial charge >= 0.3 is 12.1 Å². The maximum Gasteiger partial charge on any atom is 0.410 e. The zero-order chi connectivity index (χ0) is 22.9. The van der Waals surface area contributed by atoms with E-state index in [1.165, 1.54) is 5.56 Å². The van der Waals surface area contributed by atoms with Gasteiger partial charge in [-0.05, 0) is 71.3 Å². The fraction of sp³-hybridized carbons (Fsp3) is 0.692. The SMILES string of the molecule is CC(C)(C)OC(=O)N(CC1(CNC2CCC(C(=O)O)CC2)CC1)C1CC1c1ccccc1. The van der Waals surface area contributed by atoms with Crippen LogP contribution in [0.3, 0.4) is 0 Å². The Labute approximate surface area is 191 Å². The molecule has 0 bridgehead atoms. The van der Waals surface area contributed by atoms with Crippen molar-refractivity contribution in [1.82, 2.24) is 10.2 Å². The highest BCUT2D eigenvalue weighted by atomic mass is 16.6. The number of carbonyl (C=O) groups is 2. The molecule has 3 fully saturated rings. The summed E-state index contributed by atoms with van der Waals surface area (Å²) in [5.74, 6) is -0.457. The summed E-state index contributed by atoms with van der Waals surface area (Å²) < 4.78 is 5.80. The summed E-state index contributed by atoms with van der Waals surface area (Å²) in [5, 5.41) is 12.9. The van der Waals surface area contributed by atoms with Crippen molar-refractivity contribution in [2.24, 2.45) is 11.3 Å². The van der Waals surface area contributed by atoms with E-state index in [4.69, 9.17) is 4.74 Å². The third-order valence-electron chi connectivity index (χ3n) is 7.32. The number of nitrogens with one attached hydrogen (secondary N) is 1. The average Bonchev–Trinajstić information content (AvgIpc) is 3.66. The second-order valence-electron chi connectivity index (χ2n) is 11.2. The molecule has 0 spiro atoms.